The van der Waals surface area contributed by atoms with Gasteiger partial charge in [-0.05, 0) is 0 Å². The van der Waals surface area contributed by atoms with Gasteiger partial charge in [0, 0.05) is 6.54 Å². The highest BCUT2D eigenvalue weighted by Gasteiger charge is 2.35. The highest BCUT2D eigenvalue weighted by Crippen LogP contribution is 2.40. The van der Waals surface area contributed by atoms with Crippen LogP contribution in [0.25, 0.3) is 0 Å². The monoisotopic (exact) mass is 252 g/mol. The predicted octanol–water partition coefficient (Wildman–Crippen LogP) is 1.46. The minimum absolute atomic E-state index is 0.0314. The lowest BCUT2D eigenvalue weighted by Gasteiger charge is -2.16. The topological polar surface area (TPSA) is 66.6 Å². The summed E-state index contributed by atoms with van der Waals surface area (Å²) in [6.45, 7) is -0.217. The second-order valence-corrected chi connectivity index (χ2v) is 2.89. The van der Waals surface area contributed by atoms with Gasteiger partial charge in [-0.15, -0.1) is 13.2 Å². The Hall–Kier alpha value is -1.70. The first-order valence-corrected chi connectivity index (χ1v) is 4.48. The third kappa shape index (κ3) is 3.13. The molecule has 0 aliphatic rings. The summed E-state index contributed by atoms with van der Waals surface area (Å²) in [5.74, 6) is -0.744. The smallest absolute Gasteiger partial charge is 0.491 e. The fourth-order valence-electron chi connectivity index (χ4n) is 1.20. The van der Waals surface area contributed by atoms with Crippen molar-refractivity contribution in [2.45, 2.75) is 12.9 Å². The molecule has 0 saturated carbocycles. The molecule has 0 amide bonds. The lowest BCUT2D eigenvalue weighted by atomic mass is 10.3. The van der Waals surface area contributed by atoms with Crippen LogP contribution in [-0.2, 0) is 6.54 Å². The van der Waals surface area contributed by atoms with E-state index in [-0.39, 0.29) is 23.7 Å². The molecule has 1 heterocycles. The number of rotatable bonds is 4. The summed E-state index contributed by atoms with van der Waals surface area (Å²) in [4.78, 5) is 3.71. The van der Waals surface area contributed by atoms with E-state index >= 15 is 0 Å². The van der Waals surface area contributed by atoms with Crippen molar-refractivity contribution in [1.29, 1.82) is 0 Å². The van der Waals surface area contributed by atoms with E-state index in [0.717, 1.165) is 0 Å². The number of nitrogens with zero attached hydrogens (tertiary/aromatic N) is 1. The van der Waals surface area contributed by atoms with Crippen LogP contribution in [0.1, 0.15) is 5.69 Å². The van der Waals surface area contributed by atoms with E-state index in [1.165, 1.54) is 20.4 Å². The third-order valence-electron chi connectivity index (χ3n) is 1.86. The van der Waals surface area contributed by atoms with Crippen molar-refractivity contribution in [1.82, 2.24) is 4.98 Å². The molecule has 5 nitrogen and oxygen atoms in total. The van der Waals surface area contributed by atoms with Gasteiger partial charge in [-0.2, -0.15) is 0 Å². The Balaban J connectivity index is 3.30. The Morgan fingerprint density at radius 3 is 2.29 bits per heavy atom. The molecule has 96 valence electrons. The van der Waals surface area contributed by atoms with Gasteiger partial charge in [0.05, 0.1) is 20.4 Å². The van der Waals surface area contributed by atoms with E-state index in [2.05, 4.69) is 9.72 Å². The van der Waals surface area contributed by atoms with E-state index in [9.17, 15) is 13.2 Å². The van der Waals surface area contributed by atoms with Crippen molar-refractivity contribution in [2.75, 3.05) is 14.2 Å². The highest BCUT2D eigenvalue weighted by molar-refractivity contribution is 5.52. The molecule has 2 N–H and O–H groups in total. The molecule has 8 heteroatoms. The maximum absolute atomic E-state index is 12.2. The second-order valence-electron chi connectivity index (χ2n) is 2.89. The summed E-state index contributed by atoms with van der Waals surface area (Å²) >= 11 is 0. The first kappa shape index (κ1) is 13.4. The van der Waals surface area contributed by atoms with Gasteiger partial charge in [-0.3, -0.25) is 4.98 Å². The molecule has 1 aromatic heterocycles. The van der Waals surface area contributed by atoms with E-state index in [0.29, 0.717) is 0 Å². The fraction of sp³-hybridized carbons (Fsp3) is 0.444. The maximum atomic E-state index is 12.2. The normalized spacial score (nSPS) is 11.2. The molecule has 0 aliphatic heterocycles. The molecule has 0 aromatic carbocycles. The Labute approximate surface area is 95.3 Å². The molecule has 0 atom stereocenters. The van der Waals surface area contributed by atoms with Gasteiger partial charge in [0.15, 0.2) is 11.5 Å². The van der Waals surface area contributed by atoms with Crippen molar-refractivity contribution in [3.63, 3.8) is 0 Å². The van der Waals surface area contributed by atoms with E-state index < -0.39 is 12.1 Å². The zero-order valence-electron chi connectivity index (χ0n) is 9.17. The van der Waals surface area contributed by atoms with Gasteiger partial charge >= 0.3 is 6.36 Å². The summed E-state index contributed by atoms with van der Waals surface area (Å²) in [5.41, 5.74) is 5.21. The van der Waals surface area contributed by atoms with Crippen LogP contribution in [0.2, 0.25) is 0 Å². The lowest BCUT2D eigenvalue weighted by Crippen LogP contribution is -2.20. The highest BCUT2D eigenvalue weighted by atomic mass is 19.4. The Kier molecular flexibility index (Phi) is 4.00. The number of nitrogens with two attached hydrogens (primary N) is 1. The summed E-state index contributed by atoms with van der Waals surface area (Å²) in [6.07, 6.45) is -3.64. The van der Waals surface area contributed by atoms with Crippen LogP contribution in [0.4, 0.5) is 13.2 Å². The van der Waals surface area contributed by atoms with Gasteiger partial charge in [0.1, 0.15) is 5.69 Å². The van der Waals surface area contributed by atoms with Gasteiger partial charge < -0.3 is 19.9 Å². The maximum Gasteiger partial charge on any atom is 0.573 e. The van der Waals surface area contributed by atoms with Gasteiger partial charge in [-0.25, -0.2) is 0 Å². The molecule has 1 rings (SSSR count). The molecule has 0 radical (unpaired) electrons. The summed E-state index contributed by atoms with van der Waals surface area (Å²) in [6, 6.07) is 0. The Bertz CT molecular complexity index is 396. The molecular weight excluding hydrogens is 241 g/mol. The van der Waals surface area contributed by atoms with Gasteiger partial charge in [0.25, 0.3) is 0 Å². The standard InChI is InChI=1S/C9H11F3N2O3/c1-15-6-4-14-5(3-13)7(8(6)16-2)17-9(10,11)12/h4H,3,13H2,1-2H3. The SMILES string of the molecule is COc1cnc(CN)c(OC(F)(F)F)c1OC. The van der Waals surface area contributed by atoms with Gasteiger partial charge in [-0.1, -0.05) is 0 Å². The average molecular weight is 252 g/mol. The number of halogens is 3. The van der Waals surface area contributed by atoms with E-state index in [4.69, 9.17) is 15.2 Å². The minimum atomic E-state index is -4.86. The average Bonchev–Trinajstić information content (AvgIpc) is 2.26. The largest absolute Gasteiger partial charge is 0.573 e. The van der Waals surface area contributed by atoms with Gasteiger partial charge in [0.2, 0.25) is 5.75 Å². The fourth-order valence-corrected chi connectivity index (χ4v) is 1.20. The molecule has 0 fully saturated rings. The number of alkyl halides is 3. The number of pyridine rings is 1. The Morgan fingerprint density at radius 1 is 1.24 bits per heavy atom. The third-order valence-corrected chi connectivity index (χ3v) is 1.86. The Morgan fingerprint density at radius 2 is 1.88 bits per heavy atom. The number of hydrogen-bond acceptors (Lipinski definition) is 5. The number of hydrogen-bond donors (Lipinski definition) is 1. The van der Waals surface area contributed by atoms with Crippen molar-refractivity contribution >= 4 is 0 Å². The minimum Gasteiger partial charge on any atom is -0.491 e. The first-order valence-electron chi connectivity index (χ1n) is 4.48. The molecule has 0 saturated heterocycles. The molecule has 17 heavy (non-hydrogen) atoms. The van der Waals surface area contributed by atoms with Crippen molar-refractivity contribution < 1.29 is 27.4 Å². The number of aromatic nitrogens is 1. The van der Waals surface area contributed by atoms with Crippen LogP contribution in [-0.4, -0.2) is 25.6 Å². The summed E-state index contributed by atoms with van der Waals surface area (Å²) < 4.78 is 50.1. The zero-order chi connectivity index (χ0) is 13.1. The van der Waals surface area contributed by atoms with Crippen molar-refractivity contribution in [3.8, 4) is 17.2 Å². The van der Waals surface area contributed by atoms with Crippen LogP contribution in [0.3, 0.4) is 0 Å². The van der Waals surface area contributed by atoms with Crippen LogP contribution in [0, 0.1) is 0 Å². The van der Waals surface area contributed by atoms with Crippen LogP contribution in [0.5, 0.6) is 17.2 Å². The predicted molar refractivity (Wildman–Crippen MR) is 51.9 cm³/mol. The van der Waals surface area contributed by atoms with Crippen molar-refractivity contribution in [2.24, 2.45) is 5.73 Å². The van der Waals surface area contributed by atoms with Crippen LogP contribution in [0.15, 0.2) is 6.20 Å². The van der Waals surface area contributed by atoms with Crippen LogP contribution >= 0.6 is 0 Å². The quantitative estimate of drug-likeness (QED) is 0.878. The molecule has 0 unspecified atom stereocenters. The second kappa shape index (κ2) is 5.09. The van der Waals surface area contributed by atoms with E-state index in [1.807, 2.05) is 0 Å². The molecule has 0 aliphatic carbocycles. The molecule has 0 spiro atoms. The zero-order valence-corrected chi connectivity index (χ0v) is 9.17. The molecule has 1 aromatic rings. The number of ether oxygens (including phenoxy) is 3. The van der Waals surface area contributed by atoms with E-state index in [1.54, 1.807) is 0 Å². The lowest BCUT2D eigenvalue weighted by molar-refractivity contribution is -0.275. The number of methoxy groups -OCH3 is 2. The first-order chi connectivity index (χ1) is 7.92. The summed E-state index contributed by atoms with van der Waals surface area (Å²) in [7, 11) is 2.47. The summed E-state index contributed by atoms with van der Waals surface area (Å²) in [5, 5.41) is 0. The van der Waals surface area contributed by atoms with Crippen LogP contribution < -0.4 is 19.9 Å². The van der Waals surface area contributed by atoms with Crippen molar-refractivity contribution in [3.05, 3.63) is 11.9 Å². The molecular formula is C9H11F3N2O3. The molecule has 0 bridgehead atoms.